The Morgan fingerprint density at radius 3 is 2.45 bits per heavy atom. The van der Waals surface area contributed by atoms with Gasteiger partial charge in [0.05, 0.1) is 11.3 Å². The van der Waals surface area contributed by atoms with Crippen LogP contribution in [0, 0.1) is 13.8 Å². The number of rotatable bonds is 5. The number of hydrogen-bond acceptors (Lipinski definition) is 5. The summed E-state index contributed by atoms with van der Waals surface area (Å²) in [7, 11) is 0. The number of hydrogen-bond donors (Lipinski definition) is 2. The number of nitrogens with one attached hydrogen (secondary N) is 2. The summed E-state index contributed by atoms with van der Waals surface area (Å²) in [4.78, 5) is 54.9. The van der Waals surface area contributed by atoms with E-state index < -0.39 is 17.8 Å². The molecule has 2 N–H and O–H groups in total. The number of urea groups is 1. The van der Waals surface area contributed by atoms with Crippen LogP contribution in [-0.4, -0.2) is 28.3 Å². The standard InChI is InChI=1S/C32H27BrN4O4S/c1-18-16-20(17-25-28(38)35-32(41)37(30(25)40)23-14-12-21(33)13-15-23)19(2)36(18)31-27(24-10-6-7-11-26(24)42-31)29(39)34-22-8-4-3-5-9-22/h3-5,8-9,12-17H,6-7,10-11H2,1-2H3,(H,34,39)(H,35,38,41)/b25-17+. The number of halogens is 1. The third-order valence-electron chi connectivity index (χ3n) is 7.57. The van der Waals surface area contributed by atoms with Gasteiger partial charge in [0.25, 0.3) is 17.7 Å². The van der Waals surface area contributed by atoms with Gasteiger partial charge in [0, 0.05) is 26.4 Å². The summed E-state index contributed by atoms with van der Waals surface area (Å²) < 4.78 is 2.82. The van der Waals surface area contributed by atoms with Crippen molar-refractivity contribution in [2.75, 3.05) is 10.2 Å². The van der Waals surface area contributed by atoms with Crippen molar-refractivity contribution in [3.8, 4) is 5.00 Å². The van der Waals surface area contributed by atoms with Crippen LogP contribution in [-0.2, 0) is 22.4 Å². The van der Waals surface area contributed by atoms with Gasteiger partial charge in [-0.2, -0.15) is 0 Å². The second-order valence-corrected chi connectivity index (χ2v) is 12.3. The van der Waals surface area contributed by atoms with Gasteiger partial charge in [0.15, 0.2) is 0 Å². The fraction of sp³-hybridized carbons (Fsp3) is 0.188. The summed E-state index contributed by atoms with van der Waals surface area (Å²) >= 11 is 4.97. The van der Waals surface area contributed by atoms with Crippen LogP contribution in [0.2, 0.25) is 0 Å². The average molecular weight is 644 g/mol. The zero-order valence-electron chi connectivity index (χ0n) is 23.0. The molecule has 2 aromatic carbocycles. The molecule has 6 rings (SSSR count). The molecule has 5 amide bonds. The fourth-order valence-corrected chi connectivity index (χ4v) is 7.30. The number of carbonyl (C=O) groups excluding carboxylic acids is 4. The average Bonchev–Trinajstić information content (AvgIpc) is 3.48. The molecule has 212 valence electrons. The van der Waals surface area contributed by atoms with Crippen LogP contribution in [0.4, 0.5) is 16.2 Å². The number of amides is 5. The minimum Gasteiger partial charge on any atom is -0.322 e. The highest BCUT2D eigenvalue weighted by molar-refractivity contribution is 9.10. The van der Waals surface area contributed by atoms with Crippen molar-refractivity contribution < 1.29 is 19.2 Å². The molecule has 0 atom stereocenters. The highest BCUT2D eigenvalue weighted by Crippen LogP contribution is 2.39. The van der Waals surface area contributed by atoms with Gasteiger partial charge in [-0.15, -0.1) is 11.3 Å². The number of carbonyl (C=O) groups is 4. The van der Waals surface area contributed by atoms with Crippen LogP contribution < -0.4 is 15.5 Å². The van der Waals surface area contributed by atoms with Crippen LogP contribution in [0.15, 0.2) is 70.7 Å². The number of fused-ring (bicyclic) bond motifs is 1. The largest absolute Gasteiger partial charge is 0.335 e. The van der Waals surface area contributed by atoms with E-state index in [1.807, 2.05) is 54.8 Å². The summed E-state index contributed by atoms with van der Waals surface area (Å²) in [5, 5.41) is 6.17. The molecule has 1 saturated heterocycles. The van der Waals surface area contributed by atoms with E-state index in [4.69, 9.17) is 0 Å². The molecule has 0 bridgehead atoms. The Balaban J connectivity index is 1.41. The van der Waals surface area contributed by atoms with Crippen LogP contribution in [0.25, 0.3) is 11.1 Å². The Bertz CT molecular complexity index is 1790. The van der Waals surface area contributed by atoms with Crippen LogP contribution in [0.5, 0.6) is 0 Å². The van der Waals surface area contributed by atoms with Crippen LogP contribution >= 0.6 is 27.3 Å². The number of para-hydroxylation sites is 1. The van der Waals surface area contributed by atoms with E-state index in [1.165, 1.54) is 11.0 Å². The second kappa shape index (κ2) is 11.2. The Morgan fingerprint density at radius 1 is 1.00 bits per heavy atom. The third kappa shape index (κ3) is 5.01. The molecule has 42 heavy (non-hydrogen) atoms. The Kier molecular flexibility index (Phi) is 7.42. The third-order valence-corrected chi connectivity index (χ3v) is 9.38. The highest BCUT2D eigenvalue weighted by atomic mass is 79.9. The smallest absolute Gasteiger partial charge is 0.322 e. The van der Waals surface area contributed by atoms with Crippen molar-refractivity contribution >= 4 is 68.5 Å². The van der Waals surface area contributed by atoms with E-state index in [1.54, 1.807) is 35.6 Å². The molecule has 8 nitrogen and oxygen atoms in total. The molecule has 10 heteroatoms. The van der Waals surface area contributed by atoms with Gasteiger partial charge in [-0.1, -0.05) is 34.1 Å². The first-order valence-corrected chi connectivity index (χ1v) is 15.2. The maximum atomic E-state index is 13.7. The van der Waals surface area contributed by atoms with Gasteiger partial charge >= 0.3 is 6.03 Å². The Hall–Kier alpha value is -4.28. The number of imide groups is 2. The van der Waals surface area contributed by atoms with E-state index >= 15 is 0 Å². The molecule has 2 aromatic heterocycles. The van der Waals surface area contributed by atoms with Crippen molar-refractivity contribution in [2.45, 2.75) is 39.5 Å². The lowest BCUT2D eigenvalue weighted by molar-refractivity contribution is -0.122. The van der Waals surface area contributed by atoms with E-state index in [-0.39, 0.29) is 11.5 Å². The molecule has 0 saturated carbocycles. The lowest BCUT2D eigenvalue weighted by Gasteiger charge is -2.26. The summed E-state index contributed by atoms with van der Waals surface area (Å²) in [5.74, 6) is -1.61. The van der Waals surface area contributed by atoms with Crippen LogP contribution in [0.3, 0.4) is 0 Å². The van der Waals surface area contributed by atoms with Gasteiger partial charge in [-0.25, -0.2) is 9.69 Å². The summed E-state index contributed by atoms with van der Waals surface area (Å²) in [5.41, 5.74) is 4.97. The predicted octanol–water partition coefficient (Wildman–Crippen LogP) is 6.72. The molecule has 4 aromatic rings. The maximum Gasteiger partial charge on any atom is 0.335 e. The quantitative estimate of drug-likeness (QED) is 0.186. The number of benzene rings is 2. The van der Waals surface area contributed by atoms with Crippen molar-refractivity contribution in [3.63, 3.8) is 0 Å². The van der Waals surface area contributed by atoms with Crippen molar-refractivity contribution in [1.29, 1.82) is 0 Å². The monoisotopic (exact) mass is 642 g/mol. The van der Waals surface area contributed by atoms with Crippen molar-refractivity contribution in [1.82, 2.24) is 9.88 Å². The molecule has 1 aliphatic heterocycles. The Labute approximate surface area is 255 Å². The summed E-state index contributed by atoms with van der Waals surface area (Å²) in [6.07, 6.45) is 5.40. The number of nitrogens with zero attached hydrogens (tertiary/aromatic N) is 2. The van der Waals surface area contributed by atoms with Gasteiger partial charge in [0.2, 0.25) is 0 Å². The molecule has 1 aliphatic carbocycles. The molecule has 1 fully saturated rings. The first kappa shape index (κ1) is 27.9. The van der Waals surface area contributed by atoms with Crippen molar-refractivity contribution in [2.24, 2.45) is 0 Å². The maximum absolute atomic E-state index is 13.7. The minimum atomic E-state index is -0.798. The zero-order chi connectivity index (χ0) is 29.5. The molecule has 3 heterocycles. The second-order valence-electron chi connectivity index (χ2n) is 10.3. The predicted molar refractivity (Wildman–Crippen MR) is 167 cm³/mol. The minimum absolute atomic E-state index is 0.148. The molecule has 2 aliphatic rings. The summed E-state index contributed by atoms with van der Waals surface area (Å²) in [6, 6.07) is 17.2. The van der Waals surface area contributed by atoms with E-state index in [2.05, 4.69) is 26.6 Å². The fourth-order valence-electron chi connectivity index (χ4n) is 5.54. The number of thiophene rings is 1. The van der Waals surface area contributed by atoms with Crippen LogP contribution in [0.1, 0.15) is 50.6 Å². The zero-order valence-corrected chi connectivity index (χ0v) is 25.4. The van der Waals surface area contributed by atoms with E-state index in [0.717, 1.165) is 62.7 Å². The number of barbiturate groups is 1. The first-order chi connectivity index (χ1) is 20.2. The normalized spacial score (nSPS) is 16.0. The lowest BCUT2D eigenvalue weighted by Crippen LogP contribution is -2.54. The summed E-state index contributed by atoms with van der Waals surface area (Å²) in [6.45, 7) is 3.84. The first-order valence-electron chi connectivity index (χ1n) is 13.6. The van der Waals surface area contributed by atoms with E-state index in [0.29, 0.717) is 16.8 Å². The van der Waals surface area contributed by atoms with Gasteiger partial charge < -0.3 is 9.88 Å². The molecule has 0 spiro atoms. The number of aryl methyl sites for hydroxylation is 2. The molecular formula is C32H27BrN4O4S. The SMILES string of the molecule is Cc1cc(/C=C2\C(=O)NC(=O)N(c3ccc(Br)cc3)C2=O)c(C)n1-c1sc2c(c1C(=O)Nc1ccccc1)CCCC2. The van der Waals surface area contributed by atoms with Gasteiger partial charge in [-0.05, 0) is 99.2 Å². The topological polar surface area (TPSA) is 101 Å². The van der Waals surface area contributed by atoms with Gasteiger partial charge in [0.1, 0.15) is 10.6 Å². The van der Waals surface area contributed by atoms with Crippen molar-refractivity contribution in [3.05, 3.63) is 104 Å². The Morgan fingerprint density at radius 2 is 1.71 bits per heavy atom. The van der Waals surface area contributed by atoms with Gasteiger partial charge in [-0.3, -0.25) is 19.7 Å². The molecule has 0 unspecified atom stereocenters. The lowest BCUT2D eigenvalue weighted by atomic mass is 9.95. The number of aromatic nitrogens is 1. The van der Waals surface area contributed by atoms with E-state index in [9.17, 15) is 19.2 Å². The highest BCUT2D eigenvalue weighted by Gasteiger charge is 2.37. The molecular weight excluding hydrogens is 616 g/mol. The molecule has 0 radical (unpaired) electrons. The number of anilines is 2.